The molecule has 1 amide bonds. The Balaban J connectivity index is 0. The number of carboxylic acids is 1. The minimum Gasteiger partial charge on any atom is -0.475 e. The summed E-state index contributed by atoms with van der Waals surface area (Å²) in [6, 6.07) is 0. The van der Waals surface area contributed by atoms with Gasteiger partial charge in [-0.1, -0.05) is 12.2 Å². The highest BCUT2D eigenvalue weighted by Crippen LogP contribution is 2.13. The van der Waals surface area contributed by atoms with Crippen molar-refractivity contribution in [3.63, 3.8) is 0 Å². The minimum absolute atomic E-state index is 0.278. The van der Waals surface area contributed by atoms with E-state index in [0.717, 1.165) is 25.8 Å². The van der Waals surface area contributed by atoms with Gasteiger partial charge in [-0.3, -0.25) is 4.79 Å². The summed E-state index contributed by atoms with van der Waals surface area (Å²) in [5, 5.41) is 7.12. The first-order chi connectivity index (χ1) is 8.21. The molecule has 106 valence electrons. The maximum atomic E-state index is 10.6. The zero-order valence-electron chi connectivity index (χ0n) is 9.74. The van der Waals surface area contributed by atoms with Gasteiger partial charge in [0.15, 0.2) is 0 Å². The van der Waals surface area contributed by atoms with E-state index in [0.29, 0.717) is 6.42 Å². The topological polar surface area (TPSA) is 106 Å². The summed E-state index contributed by atoms with van der Waals surface area (Å²) < 4.78 is 31.7. The second kappa shape index (κ2) is 10.6. The summed E-state index contributed by atoms with van der Waals surface area (Å²) in [6.07, 6.45) is 2.17. The van der Waals surface area contributed by atoms with Crippen molar-refractivity contribution in [1.29, 1.82) is 0 Å². The van der Waals surface area contributed by atoms with Crippen LogP contribution in [0.2, 0.25) is 0 Å². The molecule has 0 aliphatic carbocycles. The van der Waals surface area contributed by atoms with Crippen molar-refractivity contribution >= 4 is 11.9 Å². The number of carbonyl (C=O) groups is 2. The average molecular weight is 270 g/mol. The van der Waals surface area contributed by atoms with Crippen molar-refractivity contribution in [2.24, 2.45) is 11.5 Å². The SMILES string of the molecule is NCCCCC=CCC(N)=O.O=C(O)C(F)(F)F. The first kappa shape index (κ1) is 18.8. The Kier molecular flexibility index (Phi) is 11.0. The summed E-state index contributed by atoms with van der Waals surface area (Å²) in [4.78, 5) is 19.1. The first-order valence-corrected chi connectivity index (χ1v) is 5.15. The number of rotatable bonds is 6. The Labute approximate surface area is 103 Å². The molecule has 18 heavy (non-hydrogen) atoms. The van der Waals surface area contributed by atoms with E-state index in [-0.39, 0.29) is 5.91 Å². The fourth-order valence-corrected chi connectivity index (χ4v) is 0.724. The Morgan fingerprint density at radius 1 is 1.17 bits per heavy atom. The van der Waals surface area contributed by atoms with Crippen molar-refractivity contribution in [3.05, 3.63) is 12.2 Å². The molecule has 0 heterocycles. The molecule has 0 saturated heterocycles. The lowest BCUT2D eigenvalue weighted by Crippen LogP contribution is -2.21. The summed E-state index contributed by atoms with van der Waals surface area (Å²) in [5.74, 6) is -3.03. The summed E-state index contributed by atoms with van der Waals surface area (Å²) >= 11 is 0. The minimum atomic E-state index is -5.08. The van der Waals surface area contributed by atoms with E-state index in [1.54, 1.807) is 6.08 Å². The predicted octanol–water partition coefficient (Wildman–Crippen LogP) is 1.18. The summed E-state index contributed by atoms with van der Waals surface area (Å²) in [7, 11) is 0. The van der Waals surface area contributed by atoms with Crippen LogP contribution < -0.4 is 11.5 Å². The lowest BCUT2D eigenvalue weighted by atomic mass is 10.2. The average Bonchev–Trinajstić information content (AvgIpc) is 2.22. The predicted molar refractivity (Wildman–Crippen MR) is 59.5 cm³/mol. The highest BCUT2D eigenvalue weighted by atomic mass is 19.4. The molecular weight excluding hydrogens is 253 g/mol. The van der Waals surface area contributed by atoms with Crippen molar-refractivity contribution in [2.45, 2.75) is 31.9 Å². The molecule has 0 rings (SSSR count). The lowest BCUT2D eigenvalue weighted by Gasteiger charge is -1.93. The molecule has 0 aromatic carbocycles. The van der Waals surface area contributed by atoms with Crippen LogP contribution in [0.25, 0.3) is 0 Å². The normalized spacial score (nSPS) is 10.9. The van der Waals surface area contributed by atoms with Crippen LogP contribution in [0.5, 0.6) is 0 Å². The molecule has 0 aliphatic heterocycles. The quantitative estimate of drug-likeness (QED) is 0.497. The van der Waals surface area contributed by atoms with E-state index >= 15 is 0 Å². The fraction of sp³-hybridized carbons (Fsp3) is 0.600. The molecule has 0 radical (unpaired) electrons. The third-order valence-corrected chi connectivity index (χ3v) is 1.55. The number of hydrogen-bond acceptors (Lipinski definition) is 3. The molecule has 0 atom stereocenters. The first-order valence-electron chi connectivity index (χ1n) is 5.15. The second-order valence-electron chi connectivity index (χ2n) is 3.23. The van der Waals surface area contributed by atoms with E-state index < -0.39 is 12.1 Å². The standard InChI is InChI=1S/C8H16N2O.C2HF3O2/c9-7-5-3-1-2-4-6-8(10)11;3-2(4,5)1(6)7/h2,4H,1,3,5-7,9H2,(H2,10,11);(H,6,7). The van der Waals surface area contributed by atoms with Crippen LogP contribution in [-0.2, 0) is 9.59 Å². The fourth-order valence-electron chi connectivity index (χ4n) is 0.724. The number of amides is 1. The van der Waals surface area contributed by atoms with Crippen molar-refractivity contribution < 1.29 is 27.9 Å². The van der Waals surface area contributed by atoms with Gasteiger partial charge in [0.05, 0.1) is 0 Å². The van der Waals surface area contributed by atoms with Crippen LogP contribution in [0.3, 0.4) is 0 Å². The number of primary amides is 1. The molecule has 0 aromatic rings. The highest BCUT2D eigenvalue weighted by molar-refractivity contribution is 5.75. The van der Waals surface area contributed by atoms with Gasteiger partial charge in [0.25, 0.3) is 0 Å². The summed E-state index contributed by atoms with van der Waals surface area (Å²) in [5.41, 5.74) is 10.2. The van der Waals surface area contributed by atoms with E-state index in [1.165, 1.54) is 0 Å². The van der Waals surface area contributed by atoms with Gasteiger partial charge in [0.2, 0.25) is 5.91 Å². The number of unbranched alkanes of at least 4 members (excludes halogenated alkanes) is 2. The number of carboxylic acid groups (broad SMARTS) is 1. The van der Waals surface area contributed by atoms with Crippen molar-refractivity contribution in [3.8, 4) is 0 Å². The molecule has 0 spiro atoms. The Hall–Kier alpha value is -1.57. The van der Waals surface area contributed by atoms with Crippen molar-refractivity contribution in [1.82, 2.24) is 0 Å². The Morgan fingerprint density at radius 3 is 2.00 bits per heavy atom. The molecular formula is C10H17F3N2O3. The van der Waals surface area contributed by atoms with Crippen LogP contribution >= 0.6 is 0 Å². The number of halogens is 3. The number of hydrogen-bond donors (Lipinski definition) is 3. The molecule has 0 bridgehead atoms. The monoisotopic (exact) mass is 270 g/mol. The molecule has 0 fully saturated rings. The van der Waals surface area contributed by atoms with Crippen LogP contribution in [0.4, 0.5) is 13.2 Å². The third kappa shape index (κ3) is 16.8. The van der Waals surface area contributed by atoms with Gasteiger partial charge in [-0.05, 0) is 25.8 Å². The number of allylic oxidation sites excluding steroid dienone is 1. The molecule has 8 heteroatoms. The summed E-state index contributed by atoms with van der Waals surface area (Å²) in [6.45, 7) is 0.740. The molecule has 5 nitrogen and oxygen atoms in total. The van der Waals surface area contributed by atoms with E-state index in [2.05, 4.69) is 0 Å². The van der Waals surface area contributed by atoms with Gasteiger partial charge in [-0.2, -0.15) is 13.2 Å². The maximum Gasteiger partial charge on any atom is 0.490 e. The van der Waals surface area contributed by atoms with Crippen LogP contribution in [0.15, 0.2) is 12.2 Å². The number of aliphatic carboxylic acids is 1. The lowest BCUT2D eigenvalue weighted by molar-refractivity contribution is -0.192. The van der Waals surface area contributed by atoms with E-state index in [1.807, 2.05) is 6.08 Å². The van der Waals surface area contributed by atoms with Gasteiger partial charge in [-0.15, -0.1) is 0 Å². The number of nitrogens with two attached hydrogens (primary N) is 2. The Morgan fingerprint density at radius 2 is 1.67 bits per heavy atom. The van der Waals surface area contributed by atoms with Gasteiger partial charge < -0.3 is 16.6 Å². The van der Waals surface area contributed by atoms with Gasteiger partial charge >= 0.3 is 12.1 Å². The van der Waals surface area contributed by atoms with Gasteiger partial charge in [-0.25, -0.2) is 4.79 Å². The molecule has 5 N–H and O–H groups in total. The van der Waals surface area contributed by atoms with Crippen LogP contribution in [0.1, 0.15) is 25.7 Å². The number of carbonyl (C=O) groups excluding carboxylic acids is 1. The van der Waals surface area contributed by atoms with Crippen LogP contribution in [-0.4, -0.2) is 29.7 Å². The zero-order valence-corrected chi connectivity index (χ0v) is 9.74. The second-order valence-corrected chi connectivity index (χ2v) is 3.23. The largest absolute Gasteiger partial charge is 0.490 e. The number of alkyl halides is 3. The third-order valence-electron chi connectivity index (χ3n) is 1.55. The van der Waals surface area contributed by atoms with Gasteiger partial charge in [0.1, 0.15) is 0 Å². The van der Waals surface area contributed by atoms with E-state index in [4.69, 9.17) is 21.4 Å². The highest BCUT2D eigenvalue weighted by Gasteiger charge is 2.38. The zero-order chi connectivity index (χ0) is 14.6. The maximum absolute atomic E-state index is 10.6. The molecule has 0 unspecified atom stereocenters. The molecule has 0 aromatic heterocycles. The van der Waals surface area contributed by atoms with Crippen LogP contribution in [0, 0.1) is 0 Å². The van der Waals surface area contributed by atoms with Gasteiger partial charge in [0, 0.05) is 6.42 Å². The van der Waals surface area contributed by atoms with Crippen molar-refractivity contribution in [2.75, 3.05) is 6.54 Å². The smallest absolute Gasteiger partial charge is 0.475 e. The Bertz CT molecular complexity index is 278. The molecule has 0 saturated carbocycles. The molecule has 0 aliphatic rings. The van der Waals surface area contributed by atoms with E-state index in [9.17, 15) is 18.0 Å².